The molecule has 0 spiro atoms. The third-order valence-electron chi connectivity index (χ3n) is 6.42. The third-order valence-corrected chi connectivity index (χ3v) is 7.20. The average molecular weight is 592 g/mol. The van der Waals surface area contributed by atoms with Crippen LogP contribution in [-0.2, 0) is 14.9 Å². The Bertz CT molecular complexity index is 915. The first-order valence-electron chi connectivity index (χ1n) is 15.6. The summed E-state index contributed by atoms with van der Waals surface area (Å²) in [6.45, 7) is 4.34. The highest BCUT2D eigenvalue weighted by atomic mass is 32.2. The molecule has 0 aromatic carbocycles. The van der Waals surface area contributed by atoms with E-state index in [-0.39, 0.29) is 6.42 Å². The molecule has 0 radical (unpaired) electrons. The molecule has 0 saturated carbocycles. The second kappa shape index (κ2) is 27.9. The van der Waals surface area contributed by atoms with Gasteiger partial charge < -0.3 is 10.4 Å². The maximum Gasteiger partial charge on any atom is 0.267 e. The van der Waals surface area contributed by atoms with E-state index in [1.807, 2.05) is 18.2 Å². The van der Waals surface area contributed by atoms with Gasteiger partial charge in [-0.1, -0.05) is 138 Å². The van der Waals surface area contributed by atoms with E-state index in [1.54, 1.807) is 6.08 Å². The van der Waals surface area contributed by atoms with Gasteiger partial charge in [0.25, 0.3) is 10.1 Å². The highest BCUT2D eigenvalue weighted by molar-refractivity contribution is 7.85. The van der Waals surface area contributed by atoms with Gasteiger partial charge in [0, 0.05) is 6.42 Å². The molecule has 2 atom stereocenters. The molecule has 3 N–H and O–H groups in total. The van der Waals surface area contributed by atoms with Gasteiger partial charge in [0.2, 0.25) is 5.91 Å². The highest BCUT2D eigenvalue weighted by Gasteiger charge is 2.24. The van der Waals surface area contributed by atoms with E-state index in [1.165, 1.54) is 51.0 Å². The Morgan fingerprint density at radius 3 is 1.63 bits per heavy atom. The van der Waals surface area contributed by atoms with Gasteiger partial charge in [-0.25, -0.2) is 0 Å². The van der Waals surface area contributed by atoms with E-state index in [0.29, 0.717) is 6.42 Å². The summed E-state index contributed by atoms with van der Waals surface area (Å²) in [7, 11) is -4.37. The number of aliphatic hydroxyl groups is 1. The Morgan fingerprint density at radius 1 is 0.683 bits per heavy atom. The molecular formula is C34H57NO5S. The molecule has 0 rings (SSSR count). The first-order chi connectivity index (χ1) is 19.8. The van der Waals surface area contributed by atoms with E-state index in [9.17, 15) is 22.9 Å². The number of unbranched alkanes of at least 4 members (excludes halogenated alkanes) is 9. The maximum absolute atomic E-state index is 12.3. The first-order valence-corrected chi connectivity index (χ1v) is 17.2. The lowest BCUT2D eigenvalue weighted by Crippen LogP contribution is -2.46. The summed E-state index contributed by atoms with van der Waals surface area (Å²) in [5, 5.41) is 13.0. The highest BCUT2D eigenvalue weighted by Crippen LogP contribution is 2.11. The van der Waals surface area contributed by atoms with E-state index in [0.717, 1.165) is 44.9 Å². The zero-order chi connectivity index (χ0) is 30.4. The molecule has 2 unspecified atom stereocenters. The smallest absolute Gasteiger partial charge is 0.267 e. The minimum absolute atomic E-state index is 0.0599. The molecule has 0 bridgehead atoms. The monoisotopic (exact) mass is 591 g/mol. The Hall–Kier alpha value is -2.22. The lowest BCUT2D eigenvalue weighted by Gasteiger charge is -2.20. The Labute approximate surface area is 251 Å². The molecule has 0 aliphatic rings. The van der Waals surface area contributed by atoms with Gasteiger partial charge in [-0.2, -0.15) is 8.42 Å². The molecule has 1 amide bonds. The molecular weight excluding hydrogens is 534 g/mol. The van der Waals surface area contributed by atoms with Crippen LogP contribution in [0.1, 0.15) is 117 Å². The molecule has 6 nitrogen and oxygen atoms in total. The molecule has 0 aromatic heterocycles. The van der Waals surface area contributed by atoms with Gasteiger partial charge in [-0.3, -0.25) is 9.35 Å². The summed E-state index contributed by atoms with van der Waals surface area (Å²) in [6.07, 6.45) is 39.1. The van der Waals surface area contributed by atoms with Gasteiger partial charge in [0.15, 0.2) is 0 Å². The van der Waals surface area contributed by atoms with Crippen LogP contribution in [0.15, 0.2) is 72.9 Å². The van der Waals surface area contributed by atoms with Crippen LogP contribution in [0.4, 0.5) is 0 Å². The minimum atomic E-state index is -4.37. The van der Waals surface area contributed by atoms with Crippen LogP contribution in [0.25, 0.3) is 0 Å². The van der Waals surface area contributed by atoms with Crippen molar-refractivity contribution in [1.82, 2.24) is 5.32 Å². The largest absolute Gasteiger partial charge is 0.387 e. The average Bonchev–Trinajstić information content (AvgIpc) is 2.92. The van der Waals surface area contributed by atoms with E-state index in [2.05, 4.69) is 61.7 Å². The number of carbonyl (C=O) groups is 1. The maximum atomic E-state index is 12.3. The molecule has 7 heteroatoms. The van der Waals surface area contributed by atoms with Gasteiger partial charge in [0.05, 0.1) is 17.9 Å². The standard InChI is InChI=1S/C34H57NO5S/c1-3-5-7-9-11-13-15-16-17-18-20-22-24-26-28-30-34(37)35-32(31-41(38,39)40)33(36)29-27-25-23-21-19-14-12-10-8-6-4-2/h5,7,11,13,16-17,20,22,26-29,32-33,36H,3-4,6,8-10,12,14-15,18-19,21,23-25,30-31H2,1-2H3,(H,35,37)(H,38,39,40)/b7-5-,13-11-,17-16-,22-20-,28-26-,29-27+. The van der Waals surface area contributed by atoms with Crippen LogP contribution in [0.5, 0.6) is 0 Å². The van der Waals surface area contributed by atoms with Crippen molar-refractivity contribution < 1.29 is 22.9 Å². The topological polar surface area (TPSA) is 104 Å². The second-order valence-electron chi connectivity index (χ2n) is 10.4. The SMILES string of the molecule is CC/C=C\C/C=C\C/C=C\C/C=C\C/C=C\CC(=O)NC(CS(=O)(=O)O)C(O)/C=C/CCCCCCCCCCC. The van der Waals surface area contributed by atoms with Crippen LogP contribution in [0, 0.1) is 0 Å². The van der Waals surface area contributed by atoms with E-state index >= 15 is 0 Å². The van der Waals surface area contributed by atoms with E-state index in [4.69, 9.17) is 0 Å². The molecule has 0 heterocycles. The Balaban J connectivity index is 4.29. The van der Waals surface area contributed by atoms with Crippen LogP contribution in [0.3, 0.4) is 0 Å². The number of hydrogen-bond donors (Lipinski definition) is 3. The van der Waals surface area contributed by atoms with Crippen LogP contribution in [0.2, 0.25) is 0 Å². The molecule has 234 valence electrons. The second-order valence-corrected chi connectivity index (χ2v) is 11.9. The number of allylic oxidation sites excluding steroid dienone is 10. The number of hydrogen-bond acceptors (Lipinski definition) is 4. The number of amides is 1. The van der Waals surface area contributed by atoms with Crippen molar-refractivity contribution in [2.75, 3.05) is 5.75 Å². The van der Waals surface area contributed by atoms with Crippen molar-refractivity contribution >= 4 is 16.0 Å². The molecule has 0 aliphatic heterocycles. The van der Waals surface area contributed by atoms with Crippen LogP contribution < -0.4 is 5.32 Å². The minimum Gasteiger partial charge on any atom is -0.387 e. The van der Waals surface area contributed by atoms with Crippen molar-refractivity contribution in [2.24, 2.45) is 0 Å². The van der Waals surface area contributed by atoms with E-state index < -0.39 is 33.9 Å². The number of nitrogens with one attached hydrogen (secondary N) is 1. The fourth-order valence-electron chi connectivity index (χ4n) is 4.10. The van der Waals surface area contributed by atoms with Gasteiger partial charge in [-0.15, -0.1) is 0 Å². The summed E-state index contributed by atoms with van der Waals surface area (Å²) >= 11 is 0. The van der Waals surface area contributed by atoms with Crippen molar-refractivity contribution in [3.63, 3.8) is 0 Å². The predicted molar refractivity (Wildman–Crippen MR) is 174 cm³/mol. The first kappa shape index (κ1) is 38.8. The summed E-state index contributed by atoms with van der Waals surface area (Å²) in [5.41, 5.74) is 0. The zero-order valence-electron chi connectivity index (χ0n) is 25.6. The molecule has 0 aromatic rings. The summed E-state index contributed by atoms with van der Waals surface area (Å²) in [5.74, 6) is -1.15. The van der Waals surface area contributed by atoms with Gasteiger partial charge >= 0.3 is 0 Å². The summed E-state index contributed by atoms with van der Waals surface area (Å²) in [4.78, 5) is 12.3. The van der Waals surface area contributed by atoms with Crippen LogP contribution in [-0.4, -0.2) is 41.9 Å². The van der Waals surface area contributed by atoms with Gasteiger partial charge in [-0.05, 0) is 44.9 Å². The fraction of sp³-hybridized carbons (Fsp3) is 0.618. The normalized spacial score (nSPS) is 14.5. The molecule has 41 heavy (non-hydrogen) atoms. The number of rotatable bonds is 26. The van der Waals surface area contributed by atoms with Crippen molar-refractivity contribution in [1.29, 1.82) is 0 Å². The lowest BCUT2D eigenvalue weighted by atomic mass is 10.1. The molecule has 0 saturated heterocycles. The number of aliphatic hydroxyl groups excluding tert-OH is 1. The van der Waals surface area contributed by atoms with Crippen molar-refractivity contribution in [3.05, 3.63) is 72.9 Å². The molecule has 0 fully saturated rings. The molecule has 0 aliphatic carbocycles. The van der Waals surface area contributed by atoms with Crippen molar-refractivity contribution in [2.45, 2.75) is 129 Å². The van der Waals surface area contributed by atoms with Crippen LogP contribution >= 0.6 is 0 Å². The quantitative estimate of drug-likeness (QED) is 0.0533. The van der Waals surface area contributed by atoms with Crippen molar-refractivity contribution in [3.8, 4) is 0 Å². The third kappa shape index (κ3) is 29.1. The summed E-state index contributed by atoms with van der Waals surface area (Å²) < 4.78 is 32.1. The van der Waals surface area contributed by atoms with Gasteiger partial charge in [0.1, 0.15) is 0 Å². The zero-order valence-corrected chi connectivity index (χ0v) is 26.4. The summed E-state index contributed by atoms with van der Waals surface area (Å²) in [6, 6.07) is -1.11. The lowest BCUT2D eigenvalue weighted by molar-refractivity contribution is -0.121. The fourth-order valence-corrected chi connectivity index (χ4v) is 4.84. The Morgan fingerprint density at radius 2 is 1.15 bits per heavy atom. The number of carbonyl (C=O) groups excluding carboxylic acids is 1. The predicted octanol–water partition coefficient (Wildman–Crippen LogP) is 8.34. The Kier molecular flexibility index (Phi) is 26.4.